The Balaban J connectivity index is 1.97. The number of nitrogens with one attached hydrogen (secondary N) is 1. The van der Waals surface area contributed by atoms with Crippen LogP contribution in [-0.2, 0) is 14.8 Å². The van der Waals surface area contributed by atoms with E-state index in [2.05, 4.69) is 9.62 Å². The summed E-state index contributed by atoms with van der Waals surface area (Å²) >= 11 is 0. The average molecular weight is 404 g/mol. The van der Waals surface area contributed by atoms with Gasteiger partial charge in [-0.15, -0.1) is 0 Å². The van der Waals surface area contributed by atoms with E-state index in [0.717, 1.165) is 24.3 Å². The summed E-state index contributed by atoms with van der Waals surface area (Å²) in [6.45, 7) is 6.43. The zero-order chi connectivity index (χ0) is 20.3. The first-order valence-electron chi connectivity index (χ1n) is 9.10. The molecular weight excluding hydrogens is 380 g/mol. The summed E-state index contributed by atoms with van der Waals surface area (Å²) in [5.74, 6) is -1.17. The highest BCUT2D eigenvalue weighted by molar-refractivity contribution is 7.89. The molecule has 0 atom stereocenters. The van der Waals surface area contributed by atoms with Crippen molar-refractivity contribution < 1.29 is 23.1 Å². The molecule has 0 bridgehead atoms. The Morgan fingerprint density at radius 3 is 2.29 bits per heavy atom. The summed E-state index contributed by atoms with van der Waals surface area (Å²) in [6.07, 6.45) is 0. The second-order valence-corrected chi connectivity index (χ2v) is 8.69. The Bertz CT molecular complexity index is 949. The normalized spacial score (nSPS) is 15.0. The van der Waals surface area contributed by atoms with E-state index >= 15 is 0 Å². The number of carboxylic acid groups (broad SMARTS) is 1. The van der Waals surface area contributed by atoms with Crippen molar-refractivity contribution >= 4 is 21.7 Å². The lowest BCUT2D eigenvalue weighted by atomic mass is 10.0. The fraction of sp³-hybridized carbons (Fsp3) is 0.350. The molecule has 0 spiro atoms. The second kappa shape index (κ2) is 8.30. The topological polar surface area (TPSA) is 95.9 Å². The summed E-state index contributed by atoms with van der Waals surface area (Å²) in [7, 11) is -3.81. The Hall–Kier alpha value is -2.42. The van der Waals surface area contributed by atoms with E-state index in [-0.39, 0.29) is 16.5 Å². The summed E-state index contributed by atoms with van der Waals surface area (Å²) in [5.41, 5.74) is 2.27. The van der Waals surface area contributed by atoms with Crippen molar-refractivity contribution in [2.75, 3.05) is 31.2 Å². The maximum atomic E-state index is 12.5. The molecule has 2 N–H and O–H groups in total. The standard InChI is InChI=1S/C20H24N2O5S/c1-14(2)21-28(25,26)19-12-16(11-17(13-19)20(23)24)15-3-5-18(6-4-15)22-7-9-27-10-8-22/h3-6,11-14,21H,7-10H2,1-2H3,(H,23,24). The number of benzene rings is 2. The van der Waals surface area contributed by atoms with E-state index in [9.17, 15) is 18.3 Å². The molecule has 0 unspecified atom stereocenters. The van der Waals surface area contributed by atoms with Crippen molar-refractivity contribution in [1.29, 1.82) is 0 Å². The Kier molecular flexibility index (Phi) is 6.02. The van der Waals surface area contributed by atoms with Gasteiger partial charge >= 0.3 is 5.97 Å². The van der Waals surface area contributed by atoms with Crippen LogP contribution in [0.25, 0.3) is 11.1 Å². The zero-order valence-electron chi connectivity index (χ0n) is 15.9. The number of carboxylic acids is 1. The molecular formula is C20H24N2O5S. The molecule has 150 valence electrons. The van der Waals surface area contributed by atoms with Gasteiger partial charge in [0, 0.05) is 24.8 Å². The lowest BCUT2D eigenvalue weighted by molar-refractivity contribution is 0.0696. The summed E-state index contributed by atoms with van der Waals surface area (Å²) in [4.78, 5) is 13.7. The van der Waals surface area contributed by atoms with Gasteiger partial charge in [0.1, 0.15) is 0 Å². The third-order valence-electron chi connectivity index (χ3n) is 4.43. The third-order valence-corrected chi connectivity index (χ3v) is 6.07. The molecule has 0 saturated carbocycles. The van der Waals surface area contributed by atoms with E-state index in [1.807, 2.05) is 24.3 Å². The highest BCUT2D eigenvalue weighted by Crippen LogP contribution is 2.27. The van der Waals surface area contributed by atoms with Crippen molar-refractivity contribution in [3.63, 3.8) is 0 Å². The van der Waals surface area contributed by atoms with Crippen LogP contribution in [-0.4, -0.2) is 51.8 Å². The van der Waals surface area contributed by atoms with Crippen molar-refractivity contribution in [3.8, 4) is 11.1 Å². The minimum absolute atomic E-state index is 0.0617. The third kappa shape index (κ3) is 4.70. The van der Waals surface area contributed by atoms with E-state index in [1.165, 1.54) is 18.2 Å². The van der Waals surface area contributed by atoms with Crippen LogP contribution < -0.4 is 9.62 Å². The van der Waals surface area contributed by atoms with Crippen molar-refractivity contribution in [2.24, 2.45) is 0 Å². The first-order valence-corrected chi connectivity index (χ1v) is 10.6. The van der Waals surface area contributed by atoms with E-state index in [1.54, 1.807) is 13.8 Å². The number of sulfonamides is 1. The van der Waals surface area contributed by atoms with Crippen LogP contribution in [0.2, 0.25) is 0 Å². The van der Waals surface area contributed by atoms with Crippen LogP contribution >= 0.6 is 0 Å². The Morgan fingerprint density at radius 2 is 1.71 bits per heavy atom. The summed E-state index contributed by atoms with van der Waals surface area (Å²) < 4.78 is 32.9. The summed E-state index contributed by atoms with van der Waals surface area (Å²) in [6, 6.07) is 11.5. The van der Waals surface area contributed by atoms with Crippen LogP contribution in [0.4, 0.5) is 5.69 Å². The monoisotopic (exact) mass is 404 g/mol. The van der Waals surface area contributed by atoms with Crippen molar-refractivity contribution in [1.82, 2.24) is 4.72 Å². The fourth-order valence-electron chi connectivity index (χ4n) is 3.11. The quantitative estimate of drug-likeness (QED) is 0.768. The fourth-order valence-corrected chi connectivity index (χ4v) is 4.43. The number of anilines is 1. The lowest BCUT2D eigenvalue weighted by Crippen LogP contribution is -2.36. The molecule has 7 nitrogen and oxygen atoms in total. The number of aromatic carboxylic acids is 1. The number of nitrogens with zero attached hydrogens (tertiary/aromatic N) is 1. The predicted molar refractivity (Wildman–Crippen MR) is 107 cm³/mol. The lowest BCUT2D eigenvalue weighted by Gasteiger charge is -2.29. The Labute approximate surface area is 165 Å². The molecule has 1 saturated heterocycles. The molecule has 0 aromatic heterocycles. The maximum absolute atomic E-state index is 12.5. The number of carbonyl (C=O) groups is 1. The van der Waals surface area contributed by atoms with E-state index in [4.69, 9.17) is 4.74 Å². The molecule has 2 aromatic rings. The molecule has 1 aliphatic rings. The van der Waals surface area contributed by atoms with Gasteiger partial charge in [0.25, 0.3) is 0 Å². The van der Waals surface area contributed by atoms with Gasteiger partial charge in [-0.2, -0.15) is 0 Å². The molecule has 1 aliphatic heterocycles. The van der Waals surface area contributed by atoms with Gasteiger partial charge in [0.05, 0.1) is 23.7 Å². The number of morpholine rings is 1. The number of hydrogen-bond donors (Lipinski definition) is 2. The molecule has 3 rings (SSSR count). The molecule has 2 aromatic carbocycles. The molecule has 0 radical (unpaired) electrons. The maximum Gasteiger partial charge on any atom is 0.335 e. The predicted octanol–water partition coefficient (Wildman–Crippen LogP) is 2.58. The van der Waals surface area contributed by atoms with Gasteiger partial charge in [-0.05, 0) is 55.3 Å². The zero-order valence-corrected chi connectivity index (χ0v) is 16.7. The highest BCUT2D eigenvalue weighted by atomic mass is 32.2. The van der Waals surface area contributed by atoms with Gasteiger partial charge in [-0.1, -0.05) is 12.1 Å². The van der Waals surface area contributed by atoms with Crippen LogP contribution in [0.5, 0.6) is 0 Å². The van der Waals surface area contributed by atoms with Gasteiger partial charge in [0.2, 0.25) is 10.0 Å². The molecule has 8 heteroatoms. The van der Waals surface area contributed by atoms with E-state index in [0.29, 0.717) is 18.8 Å². The first kappa shape index (κ1) is 20.3. The smallest absolute Gasteiger partial charge is 0.335 e. The van der Waals surface area contributed by atoms with Crippen LogP contribution in [0.3, 0.4) is 0 Å². The molecule has 1 fully saturated rings. The molecule has 1 heterocycles. The second-order valence-electron chi connectivity index (χ2n) is 6.97. The largest absolute Gasteiger partial charge is 0.478 e. The van der Waals surface area contributed by atoms with Crippen molar-refractivity contribution in [3.05, 3.63) is 48.0 Å². The summed E-state index contributed by atoms with van der Waals surface area (Å²) in [5, 5.41) is 9.41. The van der Waals surface area contributed by atoms with Crippen LogP contribution in [0.15, 0.2) is 47.4 Å². The first-order chi connectivity index (χ1) is 13.3. The minimum atomic E-state index is -3.81. The average Bonchev–Trinajstić information content (AvgIpc) is 2.67. The van der Waals surface area contributed by atoms with Crippen LogP contribution in [0, 0.1) is 0 Å². The van der Waals surface area contributed by atoms with Crippen molar-refractivity contribution in [2.45, 2.75) is 24.8 Å². The SMILES string of the molecule is CC(C)NS(=O)(=O)c1cc(C(=O)O)cc(-c2ccc(N3CCOCC3)cc2)c1. The van der Waals surface area contributed by atoms with Gasteiger partial charge < -0.3 is 14.7 Å². The van der Waals surface area contributed by atoms with E-state index < -0.39 is 16.0 Å². The van der Waals surface area contributed by atoms with Gasteiger partial charge in [0.15, 0.2) is 0 Å². The molecule has 0 aliphatic carbocycles. The molecule has 0 amide bonds. The van der Waals surface area contributed by atoms with Gasteiger partial charge in [-0.25, -0.2) is 17.9 Å². The highest BCUT2D eigenvalue weighted by Gasteiger charge is 2.19. The van der Waals surface area contributed by atoms with Gasteiger partial charge in [-0.3, -0.25) is 0 Å². The Morgan fingerprint density at radius 1 is 1.07 bits per heavy atom. The number of ether oxygens (including phenoxy) is 1. The van der Waals surface area contributed by atoms with Crippen LogP contribution in [0.1, 0.15) is 24.2 Å². The minimum Gasteiger partial charge on any atom is -0.478 e. The molecule has 28 heavy (non-hydrogen) atoms. The number of rotatable bonds is 6. The number of hydrogen-bond acceptors (Lipinski definition) is 5.